The maximum Gasteiger partial charge on any atom is 0.161 e. The lowest BCUT2D eigenvalue weighted by Gasteiger charge is -2.18. The Morgan fingerprint density at radius 2 is 2.20 bits per heavy atom. The van der Waals surface area contributed by atoms with Crippen LogP contribution in [0.4, 0.5) is 0 Å². The number of nitrogens with one attached hydrogen (secondary N) is 1. The Morgan fingerprint density at radius 1 is 1.40 bits per heavy atom. The number of ether oxygens (including phenoxy) is 1. The van der Waals surface area contributed by atoms with Gasteiger partial charge in [0.15, 0.2) is 5.75 Å². The molecule has 4 nitrogen and oxygen atoms in total. The normalized spacial score (nSPS) is 12.4. The summed E-state index contributed by atoms with van der Waals surface area (Å²) in [5, 5.41) is 7.64. The maximum atomic E-state index is 5.40. The number of rotatable bonds is 6. The van der Waals surface area contributed by atoms with Crippen molar-refractivity contribution in [2.45, 2.75) is 25.8 Å². The summed E-state index contributed by atoms with van der Waals surface area (Å²) in [7, 11) is 5.62. The zero-order valence-electron chi connectivity index (χ0n) is 12.7. The fourth-order valence-corrected chi connectivity index (χ4v) is 2.58. The molecule has 108 valence electrons. The Kier molecular flexibility index (Phi) is 4.79. The van der Waals surface area contributed by atoms with Crippen LogP contribution in [-0.2, 0) is 13.5 Å². The van der Waals surface area contributed by atoms with E-state index in [1.54, 1.807) is 13.3 Å². The molecule has 1 aromatic heterocycles. The maximum absolute atomic E-state index is 5.40. The van der Waals surface area contributed by atoms with Crippen LogP contribution < -0.4 is 10.1 Å². The molecule has 0 fully saturated rings. The van der Waals surface area contributed by atoms with Crippen molar-refractivity contribution in [3.05, 3.63) is 47.3 Å². The number of hydrogen-bond donors (Lipinski definition) is 1. The molecule has 0 spiro atoms. The van der Waals surface area contributed by atoms with E-state index in [1.807, 2.05) is 18.8 Å². The van der Waals surface area contributed by atoms with Crippen LogP contribution in [0.5, 0.6) is 5.75 Å². The highest BCUT2D eigenvalue weighted by Gasteiger charge is 2.19. The van der Waals surface area contributed by atoms with Gasteiger partial charge in [-0.25, -0.2) is 0 Å². The van der Waals surface area contributed by atoms with E-state index in [1.165, 1.54) is 11.1 Å². The Balaban J connectivity index is 2.11. The molecule has 2 aromatic rings. The Labute approximate surface area is 120 Å². The fourth-order valence-electron chi connectivity index (χ4n) is 2.58. The average Bonchev–Trinajstić information content (AvgIpc) is 2.81. The predicted molar refractivity (Wildman–Crippen MR) is 81.1 cm³/mol. The van der Waals surface area contributed by atoms with Gasteiger partial charge in [0.05, 0.1) is 25.0 Å². The molecule has 20 heavy (non-hydrogen) atoms. The van der Waals surface area contributed by atoms with E-state index in [4.69, 9.17) is 4.74 Å². The second-order valence-corrected chi connectivity index (χ2v) is 5.09. The Morgan fingerprint density at radius 3 is 2.85 bits per heavy atom. The average molecular weight is 273 g/mol. The lowest BCUT2D eigenvalue weighted by atomic mass is 10.0. The SMILES string of the molecule is CNC(CCc1cccc(C)c1)c1c(OC)cnn1C. The van der Waals surface area contributed by atoms with Gasteiger partial charge in [0.1, 0.15) is 0 Å². The van der Waals surface area contributed by atoms with Crippen LogP contribution in [0.25, 0.3) is 0 Å². The first-order valence-electron chi connectivity index (χ1n) is 6.94. The molecular formula is C16H23N3O. The van der Waals surface area contributed by atoms with Crippen molar-refractivity contribution in [2.24, 2.45) is 7.05 Å². The van der Waals surface area contributed by atoms with Gasteiger partial charge in [-0.1, -0.05) is 29.8 Å². The summed E-state index contributed by atoms with van der Waals surface area (Å²) in [5.74, 6) is 0.844. The molecule has 0 aliphatic rings. The molecule has 1 unspecified atom stereocenters. The molecule has 0 saturated heterocycles. The molecule has 0 aliphatic heterocycles. The van der Waals surface area contributed by atoms with Gasteiger partial charge in [-0.15, -0.1) is 0 Å². The molecule has 1 N–H and O–H groups in total. The van der Waals surface area contributed by atoms with Gasteiger partial charge in [0.25, 0.3) is 0 Å². The first-order valence-corrected chi connectivity index (χ1v) is 6.94. The van der Waals surface area contributed by atoms with E-state index < -0.39 is 0 Å². The van der Waals surface area contributed by atoms with Crippen LogP contribution in [0.1, 0.15) is 29.3 Å². The lowest BCUT2D eigenvalue weighted by Crippen LogP contribution is -2.20. The van der Waals surface area contributed by atoms with Gasteiger partial charge in [-0.3, -0.25) is 4.68 Å². The second-order valence-electron chi connectivity index (χ2n) is 5.09. The first kappa shape index (κ1) is 14.6. The first-order chi connectivity index (χ1) is 9.65. The number of aromatic nitrogens is 2. The van der Waals surface area contributed by atoms with Crippen molar-refractivity contribution < 1.29 is 4.74 Å². The minimum Gasteiger partial charge on any atom is -0.493 e. The molecule has 0 radical (unpaired) electrons. The molecule has 0 saturated carbocycles. The van der Waals surface area contributed by atoms with E-state index in [0.717, 1.165) is 24.3 Å². The van der Waals surface area contributed by atoms with E-state index in [-0.39, 0.29) is 6.04 Å². The lowest BCUT2D eigenvalue weighted by molar-refractivity contribution is 0.393. The fraction of sp³-hybridized carbons (Fsp3) is 0.438. The summed E-state index contributed by atoms with van der Waals surface area (Å²) < 4.78 is 7.28. The van der Waals surface area contributed by atoms with Crippen LogP contribution in [0.15, 0.2) is 30.5 Å². The molecule has 0 bridgehead atoms. The van der Waals surface area contributed by atoms with Crippen molar-refractivity contribution in [3.63, 3.8) is 0 Å². The molecule has 2 rings (SSSR count). The molecular weight excluding hydrogens is 250 g/mol. The standard InChI is InChI=1S/C16H23N3O/c1-12-6-5-7-13(10-12)8-9-14(17-2)16-15(20-4)11-18-19(16)3/h5-7,10-11,14,17H,8-9H2,1-4H3. The number of hydrogen-bond acceptors (Lipinski definition) is 3. The van der Waals surface area contributed by atoms with Crippen LogP contribution in [0.3, 0.4) is 0 Å². The summed E-state index contributed by atoms with van der Waals surface area (Å²) in [6.07, 6.45) is 3.81. The van der Waals surface area contributed by atoms with E-state index in [2.05, 4.69) is 41.6 Å². The third kappa shape index (κ3) is 3.20. The summed E-state index contributed by atoms with van der Waals surface area (Å²) in [6.45, 7) is 2.13. The minimum atomic E-state index is 0.234. The van der Waals surface area contributed by atoms with Crippen LogP contribution in [0, 0.1) is 6.92 Å². The third-order valence-corrected chi connectivity index (χ3v) is 3.65. The van der Waals surface area contributed by atoms with Crippen LogP contribution in [0.2, 0.25) is 0 Å². The third-order valence-electron chi connectivity index (χ3n) is 3.65. The van der Waals surface area contributed by atoms with Gasteiger partial charge in [0.2, 0.25) is 0 Å². The van der Waals surface area contributed by atoms with Gasteiger partial charge < -0.3 is 10.1 Å². The van der Waals surface area contributed by atoms with Crippen LogP contribution >= 0.6 is 0 Å². The monoisotopic (exact) mass is 273 g/mol. The molecule has 0 amide bonds. The number of benzene rings is 1. The summed E-state index contributed by atoms with van der Waals surface area (Å²) in [6, 6.07) is 8.90. The van der Waals surface area contributed by atoms with Gasteiger partial charge in [0, 0.05) is 7.05 Å². The highest BCUT2D eigenvalue weighted by Crippen LogP contribution is 2.27. The van der Waals surface area contributed by atoms with Crippen molar-refractivity contribution in [3.8, 4) is 5.75 Å². The molecule has 1 atom stereocenters. The number of nitrogens with zero attached hydrogens (tertiary/aromatic N) is 2. The van der Waals surface area contributed by atoms with Crippen molar-refractivity contribution in [2.75, 3.05) is 14.2 Å². The van der Waals surface area contributed by atoms with Crippen molar-refractivity contribution in [1.82, 2.24) is 15.1 Å². The Hall–Kier alpha value is -1.81. The summed E-state index contributed by atoms with van der Waals surface area (Å²) >= 11 is 0. The van der Waals surface area contributed by atoms with E-state index >= 15 is 0 Å². The number of aryl methyl sites for hydroxylation is 3. The zero-order valence-corrected chi connectivity index (χ0v) is 12.7. The molecule has 4 heteroatoms. The summed E-state index contributed by atoms with van der Waals surface area (Å²) in [5.41, 5.74) is 3.77. The van der Waals surface area contributed by atoms with E-state index in [0.29, 0.717) is 0 Å². The zero-order chi connectivity index (χ0) is 14.5. The topological polar surface area (TPSA) is 39.1 Å². The van der Waals surface area contributed by atoms with E-state index in [9.17, 15) is 0 Å². The number of methoxy groups -OCH3 is 1. The largest absolute Gasteiger partial charge is 0.493 e. The molecule has 1 heterocycles. The summed E-state index contributed by atoms with van der Waals surface area (Å²) in [4.78, 5) is 0. The quantitative estimate of drug-likeness (QED) is 0.879. The van der Waals surface area contributed by atoms with Crippen LogP contribution in [-0.4, -0.2) is 23.9 Å². The smallest absolute Gasteiger partial charge is 0.161 e. The van der Waals surface area contributed by atoms with Gasteiger partial charge >= 0.3 is 0 Å². The predicted octanol–water partition coefficient (Wildman–Crippen LogP) is 2.63. The van der Waals surface area contributed by atoms with Gasteiger partial charge in [-0.05, 0) is 32.4 Å². The highest BCUT2D eigenvalue weighted by molar-refractivity contribution is 5.29. The highest BCUT2D eigenvalue weighted by atomic mass is 16.5. The molecule has 1 aromatic carbocycles. The Bertz CT molecular complexity index is 563. The van der Waals surface area contributed by atoms with Gasteiger partial charge in [-0.2, -0.15) is 5.10 Å². The second kappa shape index (κ2) is 6.57. The molecule has 0 aliphatic carbocycles. The minimum absolute atomic E-state index is 0.234. The van der Waals surface area contributed by atoms with Crippen molar-refractivity contribution in [1.29, 1.82) is 0 Å². The van der Waals surface area contributed by atoms with Crippen molar-refractivity contribution >= 4 is 0 Å².